The van der Waals surface area contributed by atoms with Gasteiger partial charge in [-0.1, -0.05) is 31.2 Å². The fraction of sp³-hybridized carbons (Fsp3) is 0.333. The van der Waals surface area contributed by atoms with Gasteiger partial charge in [0.1, 0.15) is 0 Å². The van der Waals surface area contributed by atoms with Crippen molar-refractivity contribution in [2.24, 2.45) is 0 Å². The van der Waals surface area contributed by atoms with Crippen LogP contribution in [-0.2, 0) is 11.2 Å². The van der Waals surface area contributed by atoms with Gasteiger partial charge in [0, 0.05) is 25.4 Å². The van der Waals surface area contributed by atoms with Crippen LogP contribution in [0.2, 0.25) is 0 Å². The van der Waals surface area contributed by atoms with E-state index in [0.717, 1.165) is 24.9 Å². The van der Waals surface area contributed by atoms with E-state index >= 15 is 0 Å². The maximum atomic E-state index is 12.5. The van der Waals surface area contributed by atoms with Gasteiger partial charge < -0.3 is 4.90 Å². The third-order valence-electron chi connectivity index (χ3n) is 4.09. The van der Waals surface area contributed by atoms with Crippen molar-refractivity contribution in [3.8, 4) is 0 Å². The summed E-state index contributed by atoms with van der Waals surface area (Å²) in [7, 11) is 0. The van der Waals surface area contributed by atoms with E-state index in [2.05, 4.69) is 36.2 Å². The topological polar surface area (TPSA) is 33.2 Å². The number of aromatic nitrogens is 1. The summed E-state index contributed by atoms with van der Waals surface area (Å²) in [6, 6.07) is 12.5. The molecule has 21 heavy (non-hydrogen) atoms. The third-order valence-corrected chi connectivity index (χ3v) is 4.09. The maximum absolute atomic E-state index is 12.5. The fourth-order valence-corrected chi connectivity index (χ4v) is 3.10. The Bertz CT molecular complexity index is 624. The van der Waals surface area contributed by atoms with Gasteiger partial charge in [0.15, 0.2) is 0 Å². The zero-order valence-electron chi connectivity index (χ0n) is 12.3. The number of fused-ring (bicyclic) bond motifs is 1. The Balaban J connectivity index is 2.05. The Kier molecular flexibility index (Phi) is 4.00. The molecule has 2 aromatic rings. The van der Waals surface area contributed by atoms with Gasteiger partial charge >= 0.3 is 0 Å². The van der Waals surface area contributed by atoms with E-state index in [4.69, 9.17) is 0 Å². The van der Waals surface area contributed by atoms with Crippen molar-refractivity contribution >= 4 is 5.91 Å². The van der Waals surface area contributed by atoms with Crippen molar-refractivity contribution in [2.45, 2.75) is 32.2 Å². The van der Waals surface area contributed by atoms with Crippen LogP contribution in [0.15, 0.2) is 48.8 Å². The number of nitrogens with zero attached hydrogens (tertiary/aromatic N) is 2. The lowest BCUT2D eigenvalue weighted by atomic mass is 9.88. The second-order valence-corrected chi connectivity index (χ2v) is 5.47. The van der Waals surface area contributed by atoms with Crippen LogP contribution < -0.4 is 0 Å². The molecule has 0 N–H and O–H groups in total. The van der Waals surface area contributed by atoms with Gasteiger partial charge in [-0.3, -0.25) is 9.78 Å². The number of carbonyl (C=O) groups is 1. The number of hydrogen-bond acceptors (Lipinski definition) is 2. The second-order valence-electron chi connectivity index (χ2n) is 5.47. The quantitative estimate of drug-likeness (QED) is 0.863. The van der Waals surface area contributed by atoms with Crippen molar-refractivity contribution in [3.05, 3.63) is 65.5 Å². The molecule has 0 saturated heterocycles. The summed E-state index contributed by atoms with van der Waals surface area (Å²) < 4.78 is 0. The normalized spacial score (nSPS) is 17.4. The first-order valence-corrected chi connectivity index (χ1v) is 7.58. The molecule has 1 aliphatic heterocycles. The van der Waals surface area contributed by atoms with Gasteiger partial charge in [-0.15, -0.1) is 0 Å². The van der Waals surface area contributed by atoms with Crippen LogP contribution in [0.4, 0.5) is 0 Å². The summed E-state index contributed by atoms with van der Waals surface area (Å²) in [6.07, 6.45) is 6.04. The molecule has 1 aromatic heterocycles. The predicted octanol–water partition coefficient (Wildman–Crippen LogP) is 3.36. The van der Waals surface area contributed by atoms with Crippen LogP contribution in [0.25, 0.3) is 0 Å². The largest absolute Gasteiger partial charge is 0.331 e. The van der Waals surface area contributed by atoms with Crippen LogP contribution in [0.1, 0.15) is 42.5 Å². The first kappa shape index (κ1) is 13.8. The minimum Gasteiger partial charge on any atom is -0.331 e. The van der Waals surface area contributed by atoms with E-state index < -0.39 is 0 Å². The molecule has 1 aliphatic rings. The first-order valence-electron chi connectivity index (χ1n) is 7.58. The average Bonchev–Trinajstić information content (AvgIpc) is 2.55. The molecular formula is C18H20N2O. The predicted molar refractivity (Wildman–Crippen MR) is 82.8 cm³/mol. The van der Waals surface area contributed by atoms with E-state index in [1.807, 2.05) is 17.0 Å². The van der Waals surface area contributed by atoms with Crippen LogP contribution in [0.3, 0.4) is 0 Å². The highest BCUT2D eigenvalue weighted by molar-refractivity contribution is 5.77. The summed E-state index contributed by atoms with van der Waals surface area (Å²) >= 11 is 0. The highest BCUT2D eigenvalue weighted by Gasteiger charge is 2.31. The molecule has 1 aromatic carbocycles. The lowest BCUT2D eigenvalue weighted by Gasteiger charge is -2.37. The van der Waals surface area contributed by atoms with Crippen molar-refractivity contribution in [1.82, 2.24) is 9.88 Å². The molecule has 1 amide bonds. The summed E-state index contributed by atoms with van der Waals surface area (Å²) in [5.74, 6) is 0.244. The summed E-state index contributed by atoms with van der Waals surface area (Å²) in [5.41, 5.74) is 3.74. The van der Waals surface area contributed by atoms with Gasteiger partial charge in [-0.2, -0.15) is 0 Å². The van der Waals surface area contributed by atoms with E-state index in [1.54, 1.807) is 12.4 Å². The highest BCUT2D eigenvalue weighted by atomic mass is 16.2. The molecule has 108 valence electrons. The van der Waals surface area contributed by atoms with Gasteiger partial charge in [-0.05, 0) is 41.7 Å². The number of pyridine rings is 1. The molecule has 2 heterocycles. The minimum atomic E-state index is 0.0250. The summed E-state index contributed by atoms with van der Waals surface area (Å²) in [4.78, 5) is 18.6. The van der Waals surface area contributed by atoms with E-state index in [1.165, 1.54) is 11.1 Å². The van der Waals surface area contributed by atoms with E-state index in [9.17, 15) is 4.79 Å². The molecule has 0 aliphatic carbocycles. The first-order chi connectivity index (χ1) is 10.3. The van der Waals surface area contributed by atoms with Gasteiger partial charge in [-0.25, -0.2) is 0 Å². The highest BCUT2D eigenvalue weighted by Crippen LogP contribution is 2.35. The van der Waals surface area contributed by atoms with Crippen molar-refractivity contribution in [3.63, 3.8) is 0 Å². The monoisotopic (exact) mass is 280 g/mol. The molecular weight excluding hydrogens is 260 g/mol. The molecule has 3 rings (SSSR count). The van der Waals surface area contributed by atoms with Crippen LogP contribution in [0.5, 0.6) is 0 Å². The Morgan fingerprint density at radius 3 is 2.76 bits per heavy atom. The molecule has 0 spiro atoms. The number of benzene rings is 1. The Hall–Kier alpha value is -2.16. The summed E-state index contributed by atoms with van der Waals surface area (Å²) in [5, 5.41) is 0. The lowest BCUT2D eigenvalue weighted by molar-refractivity contribution is -0.133. The Morgan fingerprint density at radius 2 is 2.00 bits per heavy atom. The molecule has 0 fully saturated rings. The van der Waals surface area contributed by atoms with Crippen molar-refractivity contribution in [2.75, 3.05) is 6.54 Å². The zero-order valence-corrected chi connectivity index (χ0v) is 12.3. The van der Waals surface area contributed by atoms with Crippen molar-refractivity contribution < 1.29 is 4.79 Å². The van der Waals surface area contributed by atoms with Gasteiger partial charge in [0.2, 0.25) is 5.91 Å². The molecule has 1 atom stereocenters. The second kappa shape index (κ2) is 6.08. The van der Waals surface area contributed by atoms with E-state index in [0.29, 0.717) is 6.42 Å². The SMILES string of the molecule is CCCC(=O)N1CCc2ccccc2C1c1ccncc1. The van der Waals surface area contributed by atoms with Crippen LogP contribution >= 0.6 is 0 Å². The number of rotatable bonds is 3. The Labute approximate surface area is 125 Å². The molecule has 0 radical (unpaired) electrons. The third kappa shape index (κ3) is 2.68. The minimum absolute atomic E-state index is 0.0250. The average molecular weight is 280 g/mol. The number of carbonyl (C=O) groups excluding carboxylic acids is 1. The van der Waals surface area contributed by atoms with Crippen LogP contribution in [0, 0.1) is 0 Å². The smallest absolute Gasteiger partial charge is 0.223 e. The Morgan fingerprint density at radius 1 is 1.24 bits per heavy atom. The number of amides is 1. The lowest BCUT2D eigenvalue weighted by Crippen LogP contribution is -2.40. The molecule has 3 heteroatoms. The van der Waals surface area contributed by atoms with Gasteiger partial charge in [0.05, 0.1) is 6.04 Å². The van der Waals surface area contributed by atoms with Crippen LogP contribution in [-0.4, -0.2) is 22.3 Å². The van der Waals surface area contributed by atoms with Crippen molar-refractivity contribution in [1.29, 1.82) is 0 Å². The zero-order chi connectivity index (χ0) is 14.7. The molecule has 0 bridgehead atoms. The fourth-order valence-electron chi connectivity index (χ4n) is 3.10. The van der Waals surface area contributed by atoms with E-state index in [-0.39, 0.29) is 11.9 Å². The van der Waals surface area contributed by atoms with Gasteiger partial charge in [0.25, 0.3) is 0 Å². The summed E-state index contributed by atoms with van der Waals surface area (Å²) in [6.45, 7) is 2.85. The maximum Gasteiger partial charge on any atom is 0.223 e. The molecule has 1 unspecified atom stereocenters. The number of hydrogen-bond donors (Lipinski definition) is 0. The molecule has 3 nitrogen and oxygen atoms in total. The standard InChI is InChI=1S/C18H20N2O/c1-2-5-17(21)20-13-10-14-6-3-4-7-16(14)18(20)15-8-11-19-12-9-15/h3-4,6-9,11-12,18H,2,5,10,13H2,1H3. The molecule has 0 saturated carbocycles.